The lowest BCUT2D eigenvalue weighted by Crippen LogP contribution is -2.40. The van der Waals surface area contributed by atoms with Gasteiger partial charge in [0.1, 0.15) is 4.75 Å². The number of carboxylic acids is 1. The van der Waals surface area contributed by atoms with Crippen LogP contribution in [0.25, 0.3) is 0 Å². The summed E-state index contributed by atoms with van der Waals surface area (Å²) in [4.78, 5) is 10.5. The fourth-order valence-corrected chi connectivity index (χ4v) is 2.97. The number of carboxylic acid groups (broad SMARTS) is 1. The number of ether oxygens (including phenoxy) is 1. The zero-order chi connectivity index (χ0) is 20.1. The van der Waals surface area contributed by atoms with Gasteiger partial charge in [-0.05, 0) is 44.9 Å². The summed E-state index contributed by atoms with van der Waals surface area (Å²) in [6.45, 7) is 6.31. The molecule has 2 N–H and O–H groups in total. The monoisotopic (exact) mass is 395 g/mol. The number of alkyl halides is 3. The summed E-state index contributed by atoms with van der Waals surface area (Å²) >= 11 is -1.47. The SMILES string of the molecule is C[C@@H](N[S+]([O-])C(C)(C)C)c1cccc(C(F)(F)F)c1COCCC(=O)O. The smallest absolute Gasteiger partial charge is 0.416 e. The number of rotatable bonds is 8. The lowest BCUT2D eigenvalue weighted by Gasteiger charge is -2.28. The van der Waals surface area contributed by atoms with Gasteiger partial charge in [-0.15, -0.1) is 4.72 Å². The Labute approximate surface area is 154 Å². The van der Waals surface area contributed by atoms with Crippen LogP contribution < -0.4 is 4.72 Å². The molecule has 1 unspecified atom stereocenters. The van der Waals surface area contributed by atoms with Crippen LogP contribution in [-0.4, -0.2) is 27.0 Å². The molecule has 0 amide bonds. The van der Waals surface area contributed by atoms with Gasteiger partial charge in [0, 0.05) is 11.4 Å². The maximum Gasteiger partial charge on any atom is 0.416 e. The van der Waals surface area contributed by atoms with Crippen molar-refractivity contribution >= 4 is 17.3 Å². The Morgan fingerprint density at radius 2 is 1.96 bits per heavy atom. The quantitative estimate of drug-likeness (QED) is 0.517. The molecule has 0 radical (unpaired) electrons. The number of hydrogen-bond acceptors (Lipinski definition) is 4. The lowest BCUT2D eigenvalue weighted by atomic mass is 9.97. The third-order valence-electron chi connectivity index (χ3n) is 3.53. The van der Waals surface area contributed by atoms with Gasteiger partial charge in [0.05, 0.1) is 31.2 Å². The minimum atomic E-state index is -4.58. The molecule has 148 valence electrons. The molecular formula is C17H24F3NO4S. The van der Waals surface area contributed by atoms with Gasteiger partial charge in [0.15, 0.2) is 0 Å². The molecule has 5 nitrogen and oxygen atoms in total. The zero-order valence-electron chi connectivity index (χ0n) is 15.1. The highest BCUT2D eigenvalue weighted by atomic mass is 32.2. The summed E-state index contributed by atoms with van der Waals surface area (Å²) in [5, 5.41) is 8.61. The van der Waals surface area contributed by atoms with Gasteiger partial charge in [-0.1, -0.05) is 12.1 Å². The number of halogens is 3. The van der Waals surface area contributed by atoms with E-state index in [1.807, 2.05) is 0 Å². The summed E-state index contributed by atoms with van der Waals surface area (Å²) in [5.41, 5.74) is -0.621. The van der Waals surface area contributed by atoms with Crippen molar-refractivity contribution in [2.45, 2.75) is 57.7 Å². The molecule has 0 saturated heterocycles. The van der Waals surface area contributed by atoms with Gasteiger partial charge >= 0.3 is 12.1 Å². The molecule has 0 heterocycles. The van der Waals surface area contributed by atoms with Crippen LogP contribution >= 0.6 is 0 Å². The average Bonchev–Trinajstić information content (AvgIpc) is 2.49. The van der Waals surface area contributed by atoms with Gasteiger partial charge in [0.2, 0.25) is 0 Å². The van der Waals surface area contributed by atoms with E-state index in [1.54, 1.807) is 27.7 Å². The Hall–Kier alpha value is -1.29. The van der Waals surface area contributed by atoms with Gasteiger partial charge in [-0.2, -0.15) is 13.2 Å². The summed E-state index contributed by atoms with van der Waals surface area (Å²) in [6, 6.07) is 3.14. The molecule has 0 fully saturated rings. The van der Waals surface area contributed by atoms with Crippen LogP contribution in [0.4, 0.5) is 13.2 Å². The molecule has 2 atom stereocenters. The molecule has 1 aromatic carbocycles. The Morgan fingerprint density at radius 3 is 2.46 bits per heavy atom. The van der Waals surface area contributed by atoms with Crippen LogP contribution in [-0.2, 0) is 33.7 Å². The Bertz CT molecular complexity index is 617. The molecule has 26 heavy (non-hydrogen) atoms. The Kier molecular flexibility index (Phi) is 7.94. The van der Waals surface area contributed by atoms with Gasteiger partial charge < -0.3 is 14.4 Å². The van der Waals surface area contributed by atoms with Crippen LogP contribution in [0.15, 0.2) is 18.2 Å². The fraction of sp³-hybridized carbons (Fsp3) is 0.588. The van der Waals surface area contributed by atoms with E-state index in [4.69, 9.17) is 9.84 Å². The van der Waals surface area contributed by atoms with E-state index in [9.17, 15) is 22.5 Å². The van der Waals surface area contributed by atoms with Crippen molar-refractivity contribution < 1.29 is 32.4 Å². The highest BCUT2D eigenvalue weighted by molar-refractivity contribution is 7.90. The second-order valence-electron chi connectivity index (χ2n) is 6.79. The van der Waals surface area contributed by atoms with Gasteiger partial charge in [0.25, 0.3) is 0 Å². The Balaban J connectivity index is 3.11. The molecule has 0 aliphatic heterocycles. The molecule has 0 aliphatic carbocycles. The maximum absolute atomic E-state index is 13.4. The topological polar surface area (TPSA) is 81.6 Å². The number of hydrogen-bond donors (Lipinski definition) is 2. The fourth-order valence-electron chi connectivity index (χ4n) is 2.17. The average molecular weight is 395 g/mol. The first-order valence-corrected chi connectivity index (χ1v) is 9.15. The van der Waals surface area contributed by atoms with E-state index in [1.165, 1.54) is 12.1 Å². The maximum atomic E-state index is 13.4. The summed E-state index contributed by atoms with van der Waals surface area (Å²) in [6.07, 6.45) is -4.88. The van der Waals surface area contributed by atoms with Crippen molar-refractivity contribution in [2.24, 2.45) is 0 Å². The Morgan fingerprint density at radius 1 is 1.35 bits per heavy atom. The second kappa shape index (κ2) is 9.07. The first-order valence-electron chi connectivity index (χ1n) is 8.00. The zero-order valence-corrected chi connectivity index (χ0v) is 16.0. The summed E-state index contributed by atoms with van der Waals surface area (Å²) in [5.74, 6) is -1.09. The number of nitrogens with one attached hydrogen (secondary N) is 1. The predicted molar refractivity (Wildman–Crippen MR) is 92.8 cm³/mol. The second-order valence-corrected chi connectivity index (χ2v) is 8.79. The lowest BCUT2D eigenvalue weighted by molar-refractivity contribution is -0.140. The van der Waals surface area contributed by atoms with E-state index < -0.39 is 39.9 Å². The van der Waals surface area contributed by atoms with Gasteiger partial charge in [-0.3, -0.25) is 4.79 Å². The number of benzene rings is 1. The van der Waals surface area contributed by atoms with E-state index in [2.05, 4.69) is 4.72 Å². The molecular weight excluding hydrogens is 371 g/mol. The van der Waals surface area contributed by atoms with Crippen LogP contribution in [0.1, 0.15) is 56.8 Å². The van der Waals surface area contributed by atoms with Crippen LogP contribution in [0.3, 0.4) is 0 Å². The molecule has 1 aromatic rings. The largest absolute Gasteiger partial charge is 0.598 e. The van der Waals surface area contributed by atoms with Gasteiger partial charge in [-0.25, -0.2) is 0 Å². The third-order valence-corrected chi connectivity index (χ3v) is 5.21. The van der Waals surface area contributed by atoms with Crippen molar-refractivity contribution in [3.05, 3.63) is 34.9 Å². The summed E-state index contributed by atoms with van der Waals surface area (Å²) < 4.78 is 59.7. The normalized spacial score (nSPS) is 14.9. The molecule has 0 saturated carbocycles. The van der Waals surface area contributed by atoms with E-state index >= 15 is 0 Å². The third kappa shape index (κ3) is 6.79. The standard InChI is InChI=1S/C17H24F3NO4S/c1-11(21-26(24)16(2,3)4)12-6-5-7-14(17(18,19)20)13(12)10-25-9-8-15(22)23/h5-7,11,21H,8-10H2,1-4H3,(H,22,23)/t11-,26?/m1/s1. The van der Waals surface area contributed by atoms with Crippen molar-refractivity contribution in [1.29, 1.82) is 0 Å². The number of carbonyl (C=O) groups is 1. The van der Waals surface area contributed by atoms with Crippen molar-refractivity contribution in [3.63, 3.8) is 0 Å². The molecule has 0 aromatic heterocycles. The highest BCUT2D eigenvalue weighted by Gasteiger charge is 2.36. The van der Waals surface area contributed by atoms with Crippen LogP contribution in [0.2, 0.25) is 0 Å². The van der Waals surface area contributed by atoms with Crippen molar-refractivity contribution in [2.75, 3.05) is 6.61 Å². The van der Waals surface area contributed by atoms with Crippen molar-refractivity contribution in [3.8, 4) is 0 Å². The first kappa shape index (κ1) is 22.8. The van der Waals surface area contributed by atoms with Crippen LogP contribution in [0.5, 0.6) is 0 Å². The molecule has 0 bridgehead atoms. The number of aliphatic carboxylic acids is 1. The molecule has 1 rings (SSSR count). The van der Waals surface area contributed by atoms with E-state index in [0.29, 0.717) is 5.56 Å². The highest BCUT2D eigenvalue weighted by Crippen LogP contribution is 2.36. The first-order chi connectivity index (χ1) is 11.8. The summed E-state index contributed by atoms with van der Waals surface area (Å²) in [7, 11) is 0. The predicted octanol–water partition coefficient (Wildman–Crippen LogP) is 3.81. The van der Waals surface area contributed by atoms with E-state index in [-0.39, 0.29) is 25.2 Å². The van der Waals surface area contributed by atoms with Crippen LogP contribution in [0, 0.1) is 0 Å². The molecule has 0 spiro atoms. The minimum Gasteiger partial charge on any atom is -0.598 e. The van der Waals surface area contributed by atoms with E-state index in [0.717, 1.165) is 6.07 Å². The molecule has 0 aliphatic rings. The van der Waals surface area contributed by atoms with Crippen molar-refractivity contribution in [1.82, 2.24) is 4.72 Å². The minimum absolute atomic E-state index is 0.0868. The molecule has 9 heteroatoms.